The van der Waals surface area contributed by atoms with Gasteiger partial charge in [0.05, 0.1) is 5.69 Å². The van der Waals surface area contributed by atoms with Gasteiger partial charge in [-0.3, -0.25) is 4.68 Å². The Hall–Kier alpha value is -1.09. The van der Waals surface area contributed by atoms with Crippen molar-refractivity contribution in [2.75, 3.05) is 0 Å². The zero-order valence-corrected chi connectivity index (χ0v) is 11.1. The van der Waals surface area contributed by atoms with Crippen LogP contribution in [-0.4, -0.2) is 15.8 Å². The van der Waals surface area contributed by atoms with E-state index < -0.39 is 0 Å². The van der Waals surface area contributed by atoms with Crippen molar-refractivity contribution in [2.24, 2.45) is 7.05 Å². The molecule has 0 bridgehead atoms. The SMILES string of the molecule is CC(C)c1nn(C)cc1CNC1CC=CCC1. The Morgan fingerprint density at radius 2 is 2.29 bits per heavy atom. The molecule has 0 fully saturated rings. The Balaban J connectivity index is 1.96. The predicted molar refractivity (Wildman–Crippen MR) is 70.9 cm³/mol. The lowest BCUT2D eigenvalue weighted by Crippen LogP contribution is -2.29. The lowest BCUT2D eigenvalue weighted by Gasteiger charge is -2.19. The fourth-order valence-electron chi connectivity index (χ4n) is 2.41. The van der Waals surface area contributed by atoms with E-state index in [1.807, 2.05) is 11.7 Å². The van der Waals surface area contributed by atoms with Gasteiger partial charge in [0.25, 0.3) is 0 Å². The molecule has 2 rings (SSSR count). The zero-order valence-electron chi connectivity index (χ0n) is 11.1. The van der Waals surface area contributed by atoms with Gasteiger partial charge >= 0.3 is 0 Å². The van der Waals surface area contributed by atoms with E-state index in [2.05, 4.69) is 42.6 Å². The van der Waals surface area contributed by atoms with E-state index in [4.69, 9.17) is 0 Å². The smallest absolute Gasteiger partial charge is 0.0694 e. The molecule has 0 spiro atoms. The van der Waals surface area contributed by atoms with Crippen molar-refractivity contribution in [2.45, 2.75) is 51.6 Å². The Morgan fingerprint density at radius 3 is 2.94 bits per heavy atom. The average Bonchev–Trinajstić information content (AvgIpc) is 2.69. The van der Waals surface area contributed by atoms with Crippen LogP contribution in [0.1, 0.15) is 50.3 Å². The van der Waals surface area contributed by atoms with Crippen molar-refractivity contribution < 1.29 is 0 Å². The molecular formula is C14H23N3. The van der Waals surface area contributed by atoms with Gasteiger partial charge in [-0.25, -0.2) is 0 Å². The highest BCUT2D eigenvalue weighted by atomic mass is 15.3. The highest BCUT2D eigenvalue weighted by Gasteiger charge is 2.14. The molecule has 0 aromatic carbocycles. The van der Waals surface area contributed by atoms with Gasteiger partial charge in [-0.15, -0.1) is 0 Å². The first-order valence-corrected chi connectivity index (χ1v) is 6.57. The summed E-state index contributed by atoms with van der Waals surface area (Å²) in [7, 11) is 2.00. The van der Waals surface area contributed by atoms with Crippen LogP contribution in [0.25, 0.3) is 0 Å². The number of allylic oxidation sites excluding steroid dienone is 1. The highest BCUT2D eigenvalue weighted by Crippen LogP contribution is 2.18. The number of aromatic nitrogens is 2. The first-order chi connectivity index (χ1) is 8.16. The first-order valence-electron chi connectivity index (χ1n) is 6.57. The van der Waals surface area contributed by atoms with Crippen LogP contribution < -0.4 is 5.32 Å². The molecule has 1 atom stereocenters. The minimum absolute atomic E-state index is 0.499. The zero-order chi connectivity index (χ0) is 12.3. The molecule has 0 aliphatic heterocycles. The average molecular weight is 233 g/mol. The van der Waals surface area contributed by atoms with Gasteiger partial charge in [0.1, 0.15) is 0 Å². The summed E-state index contributed by atoms with van der Waals surface area (Å²) in [6.45, 7) is 5.35. The van der Waals surface area contributed by atoms with Crippen molar-refractivity contribution in [3.05, 3.63) is 29.6 Å². The molecule has 1 aliphatic carbocycles. The summed E-state index contributed by atoms with van der Waals surface area (Å²) >= 11 is 0. The van der Waals surface area contributed by atoms with Crippen molar-refractivity contribution >= 4 is 0 Å². The predicted octanol–water partition coefficient (Wildman–Crippen LogP) is 2.74. The number of hydrogen-bond acceptors (Lipinski definition) is 2. The third-order valence-corrected chi connectivity index (χ3v) is 3.33. The topological polar surface area (TPSA) is 29.9 Å². The number of rotatable bonds is 4. The molecule has 1 heterocycles. The van der Waals surface area contributed by atoms with E-state index in [0.29, 0.717) is 12.0 Å². The molecule has 3 nitrogen and oxygen atoms in total. The number of hydrogen-bond donors (Lipinski definition) is 1. The van der Waals surface area contributed by atoms with Crippen LogP contribution in [0.2, 0.25) is 0 Å². The van der Waals surface area contributed by atoms with Crippen LogP contribution in [-0.2, 0) is 13.6 Å². The summed E-state index contributed by atoms with van der Waals surface area (Å²) in [6.07, 6.45) is 10.3. The van der Waals surface area contributed by atoms with Gasteiger partial charge < -0.3 is 5.32 Å². The molecule has 0 saturated carbocycles. The summed E-state index contributed by atoms with van der Waals surface area (Å²) in [5.74, 6) is 0.499. The van der Waals surface area contributed by atoms with Crippen molar-refractivity contribution in [3.8, 4) is 0 Å². The maximum Gasteiger partial charge on any atom is 0.0694 e. The Kier molecular flexibility index (Phi) is 4.00. The van der Waals surface area contributed by atoms with Crippen molar-refractivity contribution in [1.29, 1.82) is 0 Å². The Morgan fingerprint density at radius 1 is 1.47 bits per heavy atom. The second-order valence-electron chi connectivity index (χ2n) is 5.23. The summed E-state index contributed by atoms with van der Waals surface area (Å²) in [6, 6.07) is 0.639. The third kappa shape index (κ3) is 3.19. The van der Waals surface area contributed by atoms with E-state index in [0.717, 1.165) is 13.0 Å². The summed E-state index contributed by atoms with van der Waals surface area (Å²) in [5.41, 5.74) is 2.57. The van der Waals surface area contributed by atoms with Gasteiger partial charge in [0.15, 0.2) is 0 Å². The van der Waals surface area contributed by atoms with Crippen LogP contribution >= 0.6 is 0 Å². The number of nitrogens with one attached hydrogen (secondary N) is 1. The monoisotopic (exact) mass is 233 g/mol. The van der Waals surface area contributed by atoms with E-state index in [1.54, 1.807) is 0 Å². The Bertz CT molecular complexity index is 390. The maximum absolute atomic E-state index is 4.54. The van der Waals surface area contributed by atoms with Crippen LogP contribution in [0.3, 0.4) is 0 Å². The molecule has 0 amide bonds. The van der Waals surface area contributed by atoms with Crippen LogP contribution in [0, 0.1) is 0 Å². The van der Waals surface area contributed by atoms with Gasteiger partial charge in [-0.05, 0) is 25.2 Å². The number of nitrogens with zero attached hydrogens (tertiary/aromatic N) is 2. The standard InChI is InChI=1S/C14H23N3/c1-11(2)14-12(10-17(3)16-14)9-15-13-7-5-4-6-8-13/h4-5,10-11,13,15H,6-9H2,1-3H3. The molecule has 94 valence electrons. The molecule has 1 aromatic rings. The Labute approximate surface area is 104 Å². The normalized spacial score (nSPS) is 20.1. The molecule has 1 aliphatic rings. The maximum atomic E-state index is 4.54. The fourth-order valence-corrected chi connectivity index (χ4v) is 2.41. The second kappa shape index (κ2) is 5.50. The van der Waals surface area contributed by atoms with E-state index in [9.17, 15) is 0 Å². The van der Waals surface area contributed by atoms with Crippen molar-refractivity contribution in [3.63, 3.8) is 0 Å². The van der Waals surface area contributed by atoms with Crippen LogP contribution in [0.4, 0.5) is 0 Å². The van der Waals surface area contributed by atoms with Crippen LogP contribution in [0.5, 0.6) is 0 Å². The van der Waals surface area contributed by atoms with Gasteiger partial charge in [0.2, 0.25) is 0 Å². The minimum Gasteiger partial charge on any atom is -0.309 e. The largest absolute Gasteiger partial charge is 0.309 e. The van der Waals surface area contributed by atoms with E-state index in [1.165, 1.54) is 24.1 Å². The quantitative estimate of drug-likeness (QED) is 0.810. The van der Waals surface area contributed by atoms with Gasteiger partial charge in [-0.1, -0.05) is 26.0 Å². The highest BCUT2D eigenvalue weighted by molar-refractivity contribution is 5.20. The molecule has 1 unspecified atom stereocenters. The first kappa shape index (κ1) is 12.4. The van der Waals surface area contributed by atoms with E-state index in [-0.39, 0.29) is 0 Å². The molecule has 3 heteroatoms. The lowest BCUT2D eigenvalue weighted by molar-refractivity contribution is 0.473. The minimum atomic E-state index is 0.499. The molecule has 0 radical (unpaired) electrons. The van der Waals surface area contributed by atoms with Gasteiger partial charge in [-0.2, -0.15) is 5.10 Å². The van der Waals surface area contributed by atoms with E-state index >= 15 is 0 Å². The summed E-state index contributed by atoms with van der Waals surface area (Å²) in [5, 5.41) is 8.18. The second-order valence-corrected chi connectivity index (χ2v) is 5.23. The van der Waals surface area contributed by atoms with Crippen molar-refractivity contribution in [1.82, 2.24) is 15.1 Å². The molecular weight excluding hydrogens is 210 g/mol. The summed E-state index contributed by atoms with van der Waals surface area (Å²) in [4.78, 5) is 0. The molecule has 1 aromatic heterocycles. The number of aryl methyl sites for hydroxylation is 1. The van der Waals surface area contributed by atoms with Gasteiger partial charge in [0, 0.05) is 31.4 Å². The summed E-state index contributed by atoms with van der Waals surface area (Å²) < 4.78 is 1.92. The molecule has 0 saturated heterocycles. The molecule has 1 N–H and O–H groups in total. The third-order valence-electron chi connectivity index (χ3n) is 3.33. The van der Waals surface area contributed by atoms with Crippen LogP contribution in [0.15, 0.2) is 18.3 Å². The lowest BCUT2D eigenvalue weighted by atomic mass is 10.0. The molecule has 17 heavy (non-hydrogen) atoms. The fraction of sp³-hybridized carbons (Fsp3) is 0.643.